The third-order valence-electron chi connectivity index (χ3n) is 4.20. The van der Waals surface area contributed by atoms with Crippen molar-refractivity contribution in [2.24, 2.45) is 0 Å². The van der Waals surface area contributed by atoms with Gasteiger partial charge in [0.05, 0.1) is 4.88 Å². The SMILES string of the molecule is CNc1ccc(-c2ncc(-c3ccc(N(C)C(C)=O)cc3S(=O)[O-])s2)cc1. The average Bonchev–Trinajstić information content (AvgIpc) is 3.16. The first kappa shape index (κ1) is 19.2. The molecule has 0 radical (unpaired) electrons. The Balaban J connectivity index is 1.99. The highest BCUT2D eigenvalue weighted by Crippen LogP contribution is 2.36. The van der Waals surface area contributed by atoms with Crippen LogP contribution in [-0.2, 0) is 15.9 Å². The van der Waals surface area contributed by atoms with E-state index in [1.807, 2.05) is 31.3 Å². The van der Waals surface area contributed by atoms with E-state index in [1.165, 1.54) is 29.2 Å². The molecule has 3 rings (SSSR count). The van der Waals surface area contributed by atoms with Gasteiger partial charge < -0.3 is 14.8 Å². The van der Waals surface area contributed by atoms with Crippen LogP contribution in [0, 0.1) is 0 Å². The summed E-state index contributed by atoms with van der Waals surface area (Å²) in [5, 5.41) is 3.87. The lowest BCUT2D eigenvalue weighted by Gasteiger charge is -2.18. The molecule has 6 nitrogen and oxygen atoms in total. The van der Waals surface area contributed by atoms with Crippen LogP contribution in [0.4, 0.5) is 11.4 Å². The van der Waals surface area contributed by atoms with Gasteiger partial charge in [-0.15, -0.1) is 11.3 Å². The molecule has 1 unspecified atom stereocenters. The van der Waals surface area contributed by atoms with Gasteiger partial charge in [-0.25, -0.2) is 4.98 Å². The molecule has 1 heterocycles. The summed E-state index contributed by atoms with van der Waals surface area (Å²) in [5.74, 6) is -0.171. The summed E-state index contributed by atoms with van der Waals surface area (Å²) in [7, 11) is 3.46. The average molecular weight is 401 g/mol. The molecule has 2 aromatic carbocycles. The second-order valence-electron chi connectivity index (χ2n) is 5.85. The highest BCUT2D eigenvalue weighted by molar-refractivity contribution is 7.79. The molecule has 0 bridgehead atoms. The molecule has 1 amide bonds. The standard InChI is InChI=1S/C19H19N3O3S2/c1-12(23)22(3)15-8-9-16(18(10-15)27(24)25)17-11-21-19(26-17)13-4-6-14(20-2)7-5-13/h4-11,20H,1-3H3,(H,24,25)/p-1. The van der Waals surface area contributed by atoms with E-state index in [1.54, 1.807) is 25.4 Å². The molecule has 0 saturated heterocycles. The molecule has 27 heavy (non-hydrogen) atoms. The maximum atomic E-state index is 11.8. The van der Waals surface area contributed by atoms with Crippen LogP contribution in [0.15, 0.2) is 53.6 Å². The van der Waals surface area contributed by atoms with Crippen molar-refractivity contribution in [2.45, 2.75) is 11.8 Å². The highest BCUT2D eigenvalue weighted by atomic mass is 32.2. The summed E-state index contributed by atoms with van der Waals surface area (Å²) in [6.07, 6.45) is 1.67. The number of hydrogen-bond acceptors (Lipinski definition) is 6. The van der Waals surface area contributed by atoms with Crippen LogP contribution in [0.3, 0.4) is 0 Å². The molecule has 1 aromatic heterocycles. The molecule has 0 aliphatic carbocycles. The van der Waals surface area contributed by atoms with Gasteiger partial charge in [0, 0.05) is 54.6 Å². The van der Waals surface area contributed by atoms with Gasteiger partial charge in [-0.3, -0.25) is 9.00 Å². The summed E-state index contributed by atoms with van der Waals surface area (Å²) in [6, 6.07) is 12.8. The number of nitrogens with one attached hydrogen (secondary N) is 1. The zero-order chi connectivity index (χ0) is 19.6. The summed E-state index contributed by atoms with van der Waals surface area (Å²) in [5.41, 5.74) is 3.06. The molecule has 1 N–H and O–H groups in total. The highest BCUT2D eigenvalue weighted by Gasteiger charge is 2.14. The van der Waals surface area contributed by atoms with Gasteiger partial charge in [0.25, 0.3) is 0 Å². The Morgan fingerprint density at radius 3 is 2.52 bits per heavy atom. The van der Waals surface area contributed by atoms with E-state index in [-0.39, 0.29) is 10.8 Å². The second kappa shape index (κ2) is 7.99. The monoisotopic (exact) mass is 400 g/mol. The Morgan fingerprint density at radius 2 is 1.93 bits per heavy atom. The minimum Gasteiger partial charge on any atom is -0.768 e. The topological polar surface area (TPSA) is 85.4 Å². The van der Waals surface area contributed by atoms with Crippen LogP contribution < -0.4 is 10.2 Å². The molecule has 0 spiro atoms. The molecule has 0 aliphatic rings. The maximum Gasteiger partial charge on any atom is 0.223 e. The summed E-state index contributed by atoms with van der Waals surface area (Å²) in [6.45, 7) is 1.43. The Morgan fingerprint density at radius 1 is 1.22 bits per heavy atom. The van der Waals surface area contributed by atoms with Crippen molar-refractivity contribution < 1.29 is 13.6 Å². The fourth-order valence-electron chi connectivity index (χ4n) is 2.55. The minimum absolute atomic E-state index is 0.140. The van der Waals surface area contributed by atoms with Crippen LogP contribution in [0.1, 0.15) is 6.92 Å². The summed E-state index contributed by atoms with van der Waals surface area (Å²) in [4.78, 5) is 18.3. The van der Waals surface area contributed by atoms with Crippen molar-refractivity contribution in [3.63, 3.8) is 0 Å². The van der Waals surface area contributed by atoms with Gasteiger partial charge in [-0.05, 0) is 47.5 Å². The van der Waals surface area contributed by atoms with E-state index in [4.69, 9.17) is 0 Å². The first-order valence-corrected chi connectivity index (χ1v) is 10.0. The van der Waals surface area contributed by atoms with Crippen LogP contribution in [-0.4, -0.2) is 33.7 Å². The van der Waals surface area contributed by atoms with Crippen molar-refractivity contribution in [1.82, 2.24) is 4.98 Å². The lowest BCUT2D eigenvalue weighted by Crippen LogP contribution is -2.22. The van der Waals surface area contributed by atoms with E-state index in [0.29, 0.717) is 11.3 Å². The summed E-state index contributed by atoms with van der Waals surface area (Å²) < 4.78 is 23.5. The number of hydrogen-bond donors (Lipinski definition) is 1. The number of aromatic nitrogens is 1. The van der Waals surface area contributed by atoms with Crippen molar-refractivity contribution in [3.05, 3.63) is 48.7 Å². The molecule has 0 aliphatic heterocycles. The van der Waals surface area contributed by atoms with Gasteiger partial charge in [-0.2, -0.15) is 0 Å². The first-order valence-electron chi connectivity index (χ1n) is 8.12. The molecule has 0 saturated carbocycles. The quantitative estimate of drug-likeness (QED) is 0.660. The predicted molar refractivity (Wildman–Crippen MR) is 109 cm³/mol. The van der Waals surface area contributed by atoms with Crippen LogP contribution >= 0.6 is 11.3 Å². The van der Waals surface area contributed by atoms with Crippen LogP contribution in [0.25, 0.3) is 21.0 Å². The molecule has 0 fully saturated rings. The summed E-state index contributed by atoms with van der Waals surface area (Å²) >= 11 is -1.02. The largest absolute Gasteiger partial charge is 0.768 e. The molecule has 3 aromatic rings. The number of anilines is 2. The van der Waals surface area contributed by atoms with Gasteiger partial charge in [0.2, 0.25) is 5.91 Å². The van der Waals surface area contributed by atoms with E-state index < -0.39 is 11.1 Å². The van der Waals surface area contributed by atoms with Crippen LogP contribution in [0.2, 0.25) is 0 Å². The predicted octanol–water partition coefficient (Wildman–Crippen LogP) is 3.74. The fourth-order valence-corrected chi connectivity index (χ4v) is 4.15. The van der Waals surface area contributed by atoms with E-state index >= 15 is 0 Å². The van der Waals surface area contributed by atoms with Gasteiger partial charge in [0.1, 0.15) is 5.01 Å². The zero-order valence-electron chi connectivity index (χ0n) is 15.1. The third kappa shape index (κ3) is 4.08. The van der Waals surface area contributed by atoms with Crippen LogP contribution in [0.5, 0.6) is 0 Å². The van der Waals surface area contributed by atoms with Crippen molar-refractivity contribution in [1.29, 1.82) is 0 Å². The smallest absolute Gasteiger partial charge is 0.223 e. The van der Waals surface area contributed by atoms with Crippen molar-refractivity contribution >= 4 is 39.7 Å². The number of carbonyl (C=O) groups excluding carboxylic acids is 1. The Hall–Kier alpha value is -2.55. The number of benzene rings is 2. The second-order valence-corrected chi connectivity index (χ2v) is 7.79. The number of amides is 1. The lowest BCUT2D eigenvalue weighted by atomic mass is 10.1. The zero-order valence-corrected chi connectivity index (χ0v) is 16.7. The molecule has 1 atom stereocenters. The van der Waals surface area contributed by atoms with Gasteiger partial charge in [-0.1, -0.05) is 6.07 Å². The van der Waals surface area contributed by atoms with E-state index in [9.17, 15) is 13.6 Å². The number of carbonyl (C=O) groups is 1. The Bertz CT molecular complexity index is 1000. The number of thiazole rings is 1. The Labute approximate surface area is 164 Å². The minimum atomic E-state index is -2.44. The molecular weight excluding hydrogens is 382 g/mol. The molecular formula is C19H18N3O3S2-. The van der Waals surface area contributed by atoms with E-state index in [2.05, 4.69) is 10.3 Å². The Kier molecular flexibility index (Phi) is 5.69. The van der Waals surface area contributed by atoms with Crippen molar-refractivity contribution in [3.8, 4) is 21.0 Å². The normalized spacial score (nSPS) is 11.9. The number of nitrogens with zero attached hydrogens (tertiary/aromatic N) is 2. The van der Waals surface area contributed by atoms with Crippen molar-refractivity contribution in [2.75, 3.05) is 24.3 Å². The molecule has 8 heteroatoms. The van der Waals surface area contributed by atoms with Gasteiger partial charge >= 0.3 is 0 Å². The third-order valence-corrected chi connectivity index (χ3v) is 5.97. The molecule has 140 valence electrons. The fraction of sp³-hybridized carbons (Fsp3) is 0.158. The van der Waals surface area contributed by atoms with E-state index in [0.717, 1.165) is 21.1 Å². The number of rotatable bonds is 5. The lowest BCUT2D eigenvalue weighted by molar-refractivity contribution is -0.116. The maximum absolute atomic E-state index is 11.8. The van der Waals surface area contributed by atoms with Gasteiger partial charge in [0.15, 0.2) is 0 Å². The first-order chi connectivity index (χ1) is 12.9.